The lowest BCUT2D eigenvalue weighted by molar-refractivity contribution is 0.140. The Kier molecular flexibility index (Phi) is 4.74. The van der Waals surface area contributed by atoms with Crippen LogP contribution in [0.5, 0.6) is 0 Å². The van der Waals surface area contributed by atoms with E-state index in [0.717, 1.165) is 19.6 Å². The fraction of sp³-hybridized carbons (Fsp3) is 0.769. The first-order valence-corrected chi connectivity index (χ1v) is 6.59. The molecule has 0 amide bonds. The largest absolute Gasteiger partial charge is 0.390 e. The normalized spacial score (nSPS) is 18.8. The molecule has 1 aromatic rings. The SMILES string of the molecule is COCCC1(CNCC(O)Cn2cccn2)CC1. The van der Waals surface area contributed by atoms with Gasteiger partial charge in [-0.1, -0.05) is 0 Å². The van der Waals surface area contributed by atoms with Gasteiger partial charge in [-0.3, -0.25) is 4.68 Å². The van der Waals surface area contributed by atoms with E-state index < -0.39 is 0 Å². The summed E-state index contributed by atoms with van der Waals surface area (Å²) < 4.78 is 6.88. The number of ether oxygens (including phenoxy) is 1. The molecular weight excluding hydrogens is 230 g/mol. The molecule has 1 aliphatic carbocycles. The van der Waals surface area contributed by atoms with Crippen molar-refractivity contribution in [3.8, 4) is 0 Å². The number of nitrogens with one attached hydrogen (secondary N) is 1. The van der Waals surface area contributed by atoms with Crippen LogP contribution in [0, 0.1) is 5.41 Å². The second kappa shape index (κ2) is 6.31. The van der Waals surface area contributed by atoms with Gasteiger partial charge in [0, 0.05) is 39.2 Å². The van der Waals surface area contributed by atoms with E-state index in [1.807, 2.05) is 12.3 Å². The van der Waals surface area contributed by atoms with Gasteiger partial charge in [-0.15, -0.1) is 0 Å². The number of hydrogen-bond donors (Lipinski definition) is 2. The summed E-state index contributed by atoms with van der Waals surface area (Å²) in [6.45, 7) is 2.98. The molecule has 0 bridgehead atoms. The van der Waals surface area contributed by atoms with Gasteiger partial charge in [0.2, 0.25) is 0 Å². The van der Waals surface area contributed by atoms with Gasteiger partial charge in [0.05, 0.1) is 12.6 Å². The fourth-order valence-electron chi connectivity index (χ4n) is 2.20. The molecule has 102 valence electrons. The van der Waals surface area contributed by atoms with Gasteiger partial charge >= 0.3 is 0 Å². The van der Waals surface area contributed by atoms with Gasteiger partial charge < -0.3 is 15.2 Å². The van der Waals surface area contributed by atoms with Crippen LogP contribution in [0.15, 0.2) is 18.5 Å². The van der Waals surface area contributed by atoms with Crippen LogP contribution in [-0.2, 0) is 11.3 Å². The van der Waals surface area contributed by atoms with Crippen LogP contribution in [0.25, 0.3) is 0 Å². The number of aromatic nitrogens is 2. The predicted octanol–water partition coefficient (Wildman–Crippen LogP) is 0.650. The van der Waals surface area contributed by atoms with Gasteiger partial charge in [-0.05, 0) is 30.7 Å². The zero-order chi connectivity index (χ0) is 12.8. The standard InChI is InChI=1S/C13H23N3O2/c1-18-8-5-13(3-4-13)11-14-9-12(17)10-16-7-2-6-15-16/h2,6-7,12,14,17H,3-5,8-11H2,1H3. The summed E-state index contributed by atoms with van der Waals surface area (Å²) in [4.78, 5) is 0. The van der Waals surface area contributed by atoms with Crippen molar-refractivity contribution in [2.45, 2.75) is 31.9 Å². The van der Waals surface area contributed by atoms with Crippen LogP contribution in [0.4, 0.5) is 0 Å². The maximum atomic E-state index is 9.87. The smallest absolute Gasteiger partial charge is 0.0860 e. The lowest BCUT2D eigenvalue weighted by atomic mass is 10.0. The Balaban J connectivity index is 1.60. The Bertz CT molecular complexity index is 336. The zero-order valence-corrected chi connectivity index (χ0v) is 11.0. The molecule has 5 heteroatoms. The molecule has 0 saturated heterocycles. The van der Waals surface area contributed by atoms with Crippen LogP contribution >= 0.6 is 0 Å². The maximum Gasteiger partial charge on any atom is 0.0860 e. The van der Waals surface area contributed by atoms with E-state index in [1.165, 1.54) is 12.8 Å². The highest BCUT2D eigenvalue weighted by Gasteiger charge is 2.41. The molecule has 2 N–H and O–H groups in total. The van der Waals surface area contributed by atoms with Crippen LogP contribution in [0.3, 0.4) is 0 Å². The zero-order valence-electron chi connectivity index (χ0n) is 11.0. The predicted molar refractivity (Wildman–Crippen MR) is 69.3 cm³/mol. The van der Waals surface area contributed by atoms with Crippen LogP contribution in [-0.4, -0.2) is 47.8 Å². The molecule has 5 nitrogen and oxygen atoms in total. The van der Waals surface area contributed by atoms with E-state index in [9.17, 15) is 5.11 Å². The van der Waals surface area contributed by atoms with E-state index in [1.54, 1.807) is 18.0 Å². The van der Waals surface area contributed by atoms with Gasteiger partial charge in [-0.25, -0.2) is 0 Å². The third-order valence-corrected chi connectivity index (χ3v) is 3.63. The highest BCUT2D eigenvalue weighted by molar-refractivity contribution is 4.94. The van der Waals surface area contributed by atoms with Crippen molar-refractivity contribution in [1.29, 1.82) is 0 Å². The Labute approximate surface area is 108 Å². The summed E-state index contributed by atoms with van der Waals surface area (Å²) in [5, 5.41) is 17.3. The summed E-state index contributed by atoms with van der Waals surface area (Å²) in [7, 11) is 1.75. The molecule has 1 fully saturated rings. The molecule has 0 radical (unpaired) electrons. The Morgan fingerprint density at radius 1 is 1.56 bits per heavy atom. The number of methoxy groups -OCH3 is 1. The van der Waals surface area contributed by atoms with E-state index in [-0.39, 0.29) is 6.10 Å². The first kappa shape index (κ1) is 13.5. The maximum absolute atomic E-state index is 9.87. The van der Waals surface area contributed by atoms with Crippen LogP contribution < -0.4 is 5.32 Å². The molecule has 0 aromatic carbocycles. The molecule has 0 aliphatic heterocycles. The molecule has 1 aliphatic rings. The first-order chi connectivity index (χ1) is 8.74. The summed E-state index contributed by atoms with van der Waals surface area (Å²) >= 11 is 0. The van der Waals surface area contributed by atoms with E-state index in [4.69, 9.17) is 4.74 Å². The summed E-state index contributed by atoms with van der Waals surface area (Å²) in [5.41, 5.74) is 0.432. The fourth-order valence-corrected chi connectivity index (χ4v) is 2.20. The third kappa shape index (κ3) is 4.08. The second-order valence-corrected chi connectivity index (χ2v) is 5.26. The molecule has 1 heterocycles. The number of hydrogen-bond acceptors (Lipinski definition) is 4. The van der Waals surface area contributed by atoms with E-state index >= 15 is 0 Å². The molecule has 18 heavy (non-hydrogen) atoms. The Morgan fingerprint density at radius 2 is 2.39 bits per heavy atom. The molecule has 1 saturated carbocycles. The Hall–Kier alpha value is -0.910. The van der Waals surface area contributed by atoms with Crippen molar-refractivity contribution < 1.29 is 9.84 Å². The Morgan fingerprint density at radius 3 is 3.00 bits per heavy atom. The quantitative estimate of drug-likeness (QED) is 0.678. The first-order valence-electron chi connectivity index (χ1n) is 6.59. The third-order valence-electron chi connectivity index (χ3n) is 3.63. The van der Waals surface area contributed by atoms with Crippen molar-refractivity contribution >= 4 is 0 Å². The number of aliphatic hydroxyl groups is 1. The van der Waals surface area contributed by atoms with Crippen LogP contribution in [0.1, 0.15) is 19.3 Å². The topological polar surface area (TPSA) is 59.3 Å². The van der Waals surface area contributed by atoms with Crippen molar-refractivity contribution in [3.63, 3.8) is 0 Å². The monoisotopic (exact) mass is 253 g/mol. The molecule has 1 unspecified atom stereocenters. The van der Waals surface area contributed by atoms with Gasteiger partial charge in [-0.2, -0.15) is 5.10 Å². The second-order valence-electron chi connectivity index (χ2n) is 5.26. The highest BCUT2D eigenvalue weighted by Crippen LogP contribution is 2.48. The van der Waals surface area contributed by atoms with Crippen molar-refractivity contribution in [2.24, 2.45) is 5.41 Å². The van der Waals surface area contributed by atoms with Gasteiger partial charge in [0.15, 0.2) is 0 Å². The van der Waals surface area contributed by atoms with Crippen molar-refractivity contribution in [1.82, 2.24) is 15.1 Å². The highest BCUT2D eigenvalue weighted by atomic mass is 16.5. The average Bonchev–Trinajstić information content (AvgIpc) is 2.93. The van der Waals surface area contributed by atoms with E-state index in [2.05, 4.69) is 10.4 Å². The minimum atomic E-state index is -0.386. The number of rotatable bonds is 9. The summed E-state index contributed by atoms with van der Waals surface area (Å²) in [6, 6.07) is 1.87. The minimum Gasteiger partial charge on any atom is -0.390 e. The lowest BCUT2D eigenvalue weighted by Crippen LogP contribution is -2.34. The summed E-state index contributed by atoms with van der Waals surface area (Å²) in [6.07, 6.45) is 6.88. The van der Waals surface area contributed by atoms with E-state index in [0.29, 0.717) is 18.5 Å². The number of nitrogens with zero attached hydrogens (tertiary/aromatic N) is 2. The lowest BCUT2D eigenvalue weighted by Gasteiger charge is -2.17. The molecule has 0 spiro atoms. The minimum absolute atomic E-state index is 0.386. The van der Waals surface area contributed by atoms with Gasteiger partial charge in [0.25, 0.3) is 0 Å². The average molecular weight is 253 g/mol. The molecular formula is C13H23N3O2. The van der Waals surface area contributed by atoms with Gasteiger partial charge in [0.1, 0.15) is 0 Å². The summed E-state index contributed by atoms with van der Waals surface area (Å²) in [5.74, 6) is 0. The van der Waals surface area contributed by atoms with Crippen LogP contribution in [0.2, 0.25) is 0 Å². The molecule has 2 rings (SSSR count). The van der Waals surface area contributed by atoms with Crippen molar-refractivity contribution in [2.75, 3.05) is 26.8 Å². The van der Waals surface area contributed by atoms with Crippen molar-refractivity contribution in [3.05, 3.63) is 18.5 Å². The molecule has 1 atom stereocenters. The molecule has 1 aromatic heterocycles. The number of aliphatic hydroxyl groups excluding tert-OH is 1.